The summed E-state index contributed by atoms with van der Waals surface area (Å²) in [6, 6.07) is 12.8. The highest BCUT2D eigenvalue weighted by Crippen LogP contribution is 2.39. The zero-order valence-electron chi connectivity index (χ0n) is 12.4. The third-order valence-corrected chi connectivity index (χ3v) is 4.68. The predicted octanol–water partition coefficient (Wildman–Crippen LogP) is 4.57. The van der Waals surface area contributed by atoms with Crippen LogP contribution < -0.4 is 10.1 Å². The molecular weight excluding hydrogens is 282 g/mol. The molecule has 0 bridgehead atoms. The van der Waals surface area contributed by atoms with Crippen LogP contribution >= 0.6 is 11.6 Å². The monoisotopic (exact) mass is 301 g/mol. The average molecular weight is 302 g/mol. The summed E-state index contributed by atoms with van der Waals surface area (Å²) >= 11 is 6.41. The highest BCUT2D eigenvalue weighted by atomic mass is 35.5. The molecule has 21 heavy (non-hydrogen) atoms. The van der Waals surface area contributed by atoms with E-state index in [9.17, 15) is 0 Å². The Balaban J connectivity index is 1.85. The van der Waals surface area contributed by atoms with Gasteiger partial charge < -0.3 is 10.1 Å². The minimum atomic E-state index is 0.298. The minimum absolute atomic E-state index is 0.298. The highest BCUT2D eigenvalue weighted by molar-refractivity contribution is 6.32. The Labute approximate surface area is 131 Å². The highest BCUT2D eigenvalue weighted by Gasteiger charge is 2.25. The second-order valence-electron chi connectivity index (χ2n) is 5.60. The van der Waals surface area contributed by atoms with Crippen molar-refractivity contribution in [1.82, 2.24) is 5.32 Å². The van der Waals surface area contributed by atoms with Crippen molar-refractivity contribution in [2.75, 3.05) is 6.61 Å². The van der Waals surface area contributed by atoms with Gasteiger partial charge in [-0.1, -0.05) is 41.9 Å². The van der Waals surface area contributed by atoms with Gasteiger partial charge >= 0.3 is 0 Å². The molecule has 3 heteroatoms. The van der Waals surface area contributed by atoms with Gasteiger partial charge in [0.2, 0.25) is 0 Å². The van der Waals surface area contributed by atoms with Crippen molar-refractivity contribution >= 4 is 11.6 Å². The first-order chi connectivity index (χ1) is 10.2. The van der Waals surface area contributed by atoms with Crippen LogP contribution in [0.5, 0.6) is 5.75 Å². The fourth-order valence-corrected chi connectivity index (χ4v) is 3.12. The first-order valence-corrected chi connectivity index (χ1v) is 7.74. The molecule has 2 aromatic carbocycles. The van der Waals surface area contributed by atoms with Crippen LogP contribution in [0.4, 0.5) is 0 Å². The molecule has 0 saturated heterocycles. The van der Waals surface area contributed by atoms with Gasteiger partial charge in [-0.2, -0.15) is 0 Å². The number of benzene rings is 2. The molecule has 0 aliphatic carbocycles. The molecule has 0 radical (unpaired) electrons. The van der Waals surface area contributed by atoms with Crippen LogP contribution in [0, 0.1) is 13.8 Å². The van der Waals surface area contributed by atoms with Crippen LogP contribution in [0.2, 0.25) is 5.02 Å². The summed E-state index contributed by atoms with van der Waals surface area (Å²) in [6.45, 7) is 5.72. The van der Waals surface area contributed by atoms with Gasteiger partial charge in [0, 0.05) is 29.6 Å². The predicted molar refractivity (Wildman–Crippen MR) is 87.1 cm³/mol. The number of hydrogen-bond acceptors (Lipinski definition) is 2. The van der Waals surface area contributed by atoms with Crippen LogP contribution in [-0.2, 0) is 6.54 Å². The van der Waals surface area contributed by atoms with Crippen molar-refractivity contribution in [2.45, 2.75) is 32.9 Å². The maximum atomic E-state index is 6.41. The lowest BCUT2D eigenvalue weighted by atomic mass is 9.94. The third kappa shape index (κ3) is 2.92. The van der Waals surface area contributed by atoms with Gasteiger partial charge in [0.25, 0.3) is 0 Å². The number of aryl methyl sites for hydroxylation is 1. The summed E-state index contributed by atoms with van der Waals surface area (Å²) in [4.78, 5) is 0. The van der Waals surface area contributed by atoms with Crippen LogP contribution in [0.1, 0.15) is 34.7 Å². The molecule has 1 aliphatic rings. The van der Waals surface area contributed by atoms with Gasteiger partial charge in [-0.25, -0.2) is 0 Å². The zero-order chi connectivity index (χ0) is 14.8. The minimum Gasteiger partial charge on any atom is -0.493 e. The summed E-state index contributed by atoms with van der Waals surface area (Å²) in [5.74, 6) is 0.978. The SMILES string of the molecule is Cc1cc2c(c(C)c1Cl)C(NCc1ccccc1)CCO2. The first-order valence-electron chi connectivity index (χ1n) is 7.36. The number of hydrogen-bond donors (Lipinski definition) is 1. The van der Waals surface area contributed by atoms with Gasteiger partial charge in [-0.05, 0) is 36.6 Å². The van der Waals surface area contributed by atoms with E-state index < -0.39 is 0 Å². The molecule has 0 saturated carbocycles. The largest absolute Gasteiger partial charge is 0.493 e. The van der Waals surface area contributed by atoms with Crippen LogP contribution in [0.25, 0.3) is 0 Å². The van der Waals surface area contributed by atoms with Gasteiger partial charge in [0.15, 0.2) is 0 Å². The van der Waals surface area contributed by atoms with E-state index in [-0.39, 0.29) is 0 Å². The van der Waals surface area contributed by atoms with Crippen molar-refractivity contribution in [1.29, 1.82) is 0 Å². The molecule has 0 fully saturated rings. The molecule has 1 unspecified atom stereocenters. The molecule has 1 N–H and O–H groups in total. The van der Waals surface area contributed by atoms with E-state index in [1.807, 2.05) is 13.0 Å². The molecular formula is C18H20ClNO. The van der Waals surface area contributed by atoms with E-state index >= 15 is 0 Å². The van der Waals surface area contributed by atoms with Crippen LogP contribution in [0.3, 0.4) is 0 Å². The number of fused-ring (bicyclic) bond motifs is 1. The van der Waals surface area contributed by atoms with E-state index in [1.54, 1.807) is 0 Å². The van der Waals surface area contributed by atoms with Crippen molar-refractivity contribution in [3.8, 4) is 5.75 Å². The summed E-state index contributed by atoms with van der Waals surface area (Å²) < 4.78 is 5.82. The molecule has 110 valence electrons. The first kappa shape index (κ1) is 14.4. The van der Waals surface area contributed by atoms with E-state index in [4.69, 9.17) is 16.3 Å². The normalized spacial score (nSPS) is 17.2. The van der Waals surface area contributed by atoms with E-state index in [2.05, 4.69) is 42.6 Å². The molecule has 0 spiro atoms. The van der Waals surface area contributed by atoms with E-state index in [0.29, 0.717) is 6.04 Å². The van der Waals surface area contributed by atoms with Crippen LogP contribution in [-0.4, -0.2) is 6.61 Å². The molecule has 2 aromatic rings. The fourth-order valence-electron chi connectivity index (χ4n) is 2.96. The second kappa shape index (κ2) is 6.08. The Bertz CT molecular complexity index is 639. The lowest BCUT2D eigenvalue weighted by Crippen LogP contribution is -2.27. The van der Waals surface area contributed by atoms with Crippen molar-refractivity contribution in [3.63, 3.8) is 0 Å². The van der Waals surface area contributed by atoms with Gasteiger partial charge in [0.05, 0.1) is 6.61 Å². The van der Waals surface area contributed by atoms with Crippen molar-refractivity contribution in [3.05, 3.63) is 63.7 Å². The van der Waals surface area contributed by atoms with E-state index in [1.165, 1.54) is 11.1 Å². The Morgan fingerprint density at radius 2 is 2.00 bits per heavy atom. The lowest BCUT2D eigenvalue weighted by Gasteiger charge is -2.29. The molecule has 0 amide bonds. The number of nitrogens with one attached hydrogen (secondary N) is 1. The third-order valence-electron chi connectivity index (χ3n) is 4.10. The standard InChI is InChI=1S/C18H20ClNO/c1-12-10-16-17(13(2)18(12)19)15(8-9-21-16)20-11-14-6-4-3-5-7-14/h3-7,10,15,20H,8-9,11H2,1-2H3. The second-order valence-corrected chi connectivity index (χ2v) is 5.98. The van der Waals surface area contributed by atoms with Crippen molar-refractivity contribution < 1.29 is 4.74 Å². The molecule has 3 rings (SSSR count). The number of ether oxygens (including phenoxy) is 1. The molecule has 2 nitrogen and oxygen atoms in total. The smallest absolute Gasteiger partial charge is 0.124 e. The molecule has 1 heterocycles. The topological polar surface area (TPSA) is 21.3 Å². The Kier molecular flexibility index (Phi) is 4.18. The van der Waals surface area contributed by atoms with Crippen LogP contribution in [0.15, 0.2) is 36.4 Å². The summed E-state index contributed by atoms with van der Waals surface area (Å²) in [7, 11) is 0. The Morgan fingerprint density at radius 3 is 2.76 bits per heavy atom. The molecule has 0 aromatic heterocycles. The summed E-state index contributed by atoms with van der Waals surface area (Å²) in [6.07, 6.45) is 0.972. The van der Waals surface area contributed by atoms with Gasteiger partial charge in [-0.3, -0.25) is 0 Å². The maximum Gasteiger partial charge on any atom is 0.124 e. The molecule has 1 aliphatic heterocycles. The average Bonchev–Trinajstić information content (AvgIpc) is 2.51. The Hall–Kier alpha value is -1.51. The van der Waals surface area contributed by atoms with Gasteiger partial charge in [-0.15, -0.1) is 0 Å². The lowest BCUT2D eigenvalue weighted by molar-refractivity contribution is 0.251. The molecule has 1 atom stereocenters. The fraction of sp³-hybridized carbons (Fsp3) is 0.333. The van der Waals surface area contributed by atoms with E-state index in [0.717, 1.165) is 41.5 Å². The maximum absolute atomic E-state index is 6.41. The Morgan fingerprint density at radius 1 is 1.24 bits per heavy atom. The zero-order valence-corrected chi connectivity index (χ0v) is 13.2. The number of rotatable bonds is 3. The van der Waals surface area contributed by atoms with Gasteiger partial charge in [0.1, 0.15) is 5.75 Å². The van der Waals surface area contributed by atoms with Crippen molar-refractivity contribution in [2.24, 2.45) is 0 Å². The summed E-state index contributed by atoms with van der Waals surface area (Å²) in [5.41, 5.74) is 4.72. The quantitative estimate of drug-likeness (QED) is 0.896. The number of halogens is 1. The summed E-state index contributed by atoms with van der Waals surface area (Å²) in [5, 5.41) is 4.50.